The monoisotopic (exact) mass is 314 g/mol. The van der Waals surface area contributed by atoms with Crippen LogP contribution in [0.25, 0.3) is 0 Å². The highest BCUT2D eigenvalue weighted by molar-refractivity contribution is 9.11. The van der Waals surface area contributed by atoms with Crippen LogP contribution in [-0.4, -0.2) is 0 Å². The molecule has 0 aromatic heterocycles. The van der Waals surface area contributed by atoms with Crippen LogP contribution >= 0.6 is 31.9 Å². The second-order valence-electron chi connectivity index (χ2n) is 2.88. The van der Waals surface area contributed by atoms with Crippen LogP contribution in [0.3, 0.4) is 0 Å². The minimum absolute atomic E-state index is 1.13. The summed E-state index contributed by atoms with van der Waals surface area (Å²) in [7, 11) is 0. The van der Waals surface area contributed by atoms with Gasteiger partial charge in [-0.3, -0.25) is 0 Å². The second-order valence-corrected chi connectivity index (χ2v) is 4.81. The molecule has 0 bridgehead atoms. The van der Waals surface area contributed by atoms with Crippen molar-refractivity contribution in [1.29, 1.82) is 0 Å². The van der Waals surface area contributed by atoms with Gasteiger partial charge < -0.3 is 0 Å². The van der Waals surface area contributed by atoms with E-state index < -0.39 is 0 Å². The molecule has 0 heterocycles. The summed E-state index contributed by atoms with van der Waals surface area (Å²) >= 11 is 6.71. The Morgan fingerprint density at radius 1 is 1.00 bits per heavy atom. The fourth-order valence-corrected chi connectivity index (χ4v) is 1.67. The van der Waals surface area contributed by atoms with Gasteiger partial charge in [0.15, 0.2) is 0 Å². The summed E-state index contributed by atoms with van der Waals surface area (Å²) in [5.41, 5.74) is 0. The van der Waals surface area contributed by atoms with Crippen molar-refractivity contribution in [2.24, 2.45) is 0 Å². The lowest BCUT2D eigenvalue weighted by molar-refractivity contribution is 1.02. The van der Waals surface area contributed by atoms with Gasteiger partial charge in [-0.15, -0.1) is 0 Å². The van der Waals surface area contributed by atoms with Crippen molar-refractivity contribution in [2.75, 3.05) is 0 Å². The zero-order valence-corrected chi connectivity index (χ0v) is 11.0. The van der Waals surface area contributed by atoms with Crippen LogP contribution in [0, 0.1) is 0 Å². The van der Waals surface area contributed by atoms with Crippen LogP contribution in [0.5, 0.6) is 0 Å². The van der Waals surface area contributed by atoms with Crippen molar-refractivity contribution in [2.45, 2.75) is 12.8 Å². The highest BCUT2D eigenvalue weighted by atomic mass is 79.9. The van der Waals surface area contributed by atoms with Gasteiger partial charge in [0.2, 0.25) is 0 Å². The molecule has 0 aliphatic heterocycles. The zero-order valence-electron chi connectivity index (χ0n) is 7.79. The van der Waals surface area contributed by atoms with E-state index in [0.717, 1.165) is 4.47 Å². The van der Waals surface area contributed by atoms with Gasteiger partial charge >= 0.3 is 0 Å². The van der Waals surface area contributed by atoms with Gasteiger partial charge in [0.25, 0.3) is 0 Å². The Morgan fingerprint density at radius 2 is 1.71 bits per heavy atom. The van der Waals surface area contributed by atoms with Gasteiger partial charge in [0.05, 0.1) is 0 Å². The fraction of sp³-hybridized carbons (Fsp3) is 0.167. The van der Waals surface area contributed by atoms with Gasteiger partial charge in [-0.25, -0.2) is 0 Å². The summed E-state index contributed by atoms with van der Waals surface area (Å²) in [6, 6.07) is 9.97. The first-order valence-corrected chi connectivity index (χ1v) is 6.09. The number of halogens is 2. The molecule has 0 saturated heterocycles. The molecule has 0 radical (unpaired) electrons. The van der Waals surface area contributed by atoms with Crippen LogP contribution in [0.2, 0.25) is 0 Å². The van der Waals surface area contributed by atoms with E-state index in [1.54, 1.807) is 0 Å². The third-order valence-electron chi connectivity index (χ3n) is 1.70. The molecule has 0 atom stereocenters. The van der Waals surface area contributed by atoms with Crippen molar-refractivity contribution in [3.8, 4) is 0 Å². The summed E-state index contributed by atoms with van der Waals surface area (Å²) in [6.45, 7) is 0. The van der Waals surface area contributed by atoms with Gasteiger partial charge in [-0.2, -0.15) is 0 Å². The van der Waals surface area contributed by atoms with E-state index in [4.69, 9.17) is 0 Å². The maximum absolute atomic E-state index is 3.40. The Hall–Kier alpha value is -0.340. The predicted octanol–water partition coefficient (Wildman–Crippen LogP) is 5.06. The smallest absolute Gasteiger partial charge is 0.0175 e. The van der Waals surface area contributed by atoms with E-state index in [-0.39, 0.29) is 0 Å². The molecule has 1 aliphatic carbocycles. The first-order valence-electron chi connectivity index (χ1n) is 4.51. The minimum Gasteiger partial charge on any atom is -0.0842 e. The topological polar surface area (TPSA) is 0 Å². The molecule has 0 spiro atoms. The molecule has 0 fully saturated rings. The second kappa shape index (κ2) is 7.02. The lowest BCUT2D eigenvalue weighted by atomic mass is 10.2. The minimum atomic E-state index is 1.13. The number of allylic oxidation sites excluding steroid dienone is 4. The quantitative estimate of drug-likeness (QED) is 0.627. The molecule has 0 amide bonds. The van der Waals surface area contributed by atoms with Gasteiger partial charge in [-0.1, -0.05) is 68.3 Å². The van der Waals surface area contributed by atoms with E-state index in [2.05, 4.69) is 50.1 Å². The van der Waals surface area contributed by atoms with Gasteiger partial charge in [-0.05, 0) is 29.5 Å². The average molecular weight is 316 g/mol. The number of rotatable bonds is 0. The molecule has 14 heavy (non-hydrogen) atoms. The predicted molar refractivity (Wildman–Crippen MR) is 69.5 cm³/mol. The van der Waals surface area contributed by atoms with Crippen LogP contribution < -0.4 is 0 Å². The van der Waals surface area contributed by atoms with Gasteiger partial charge in [0.1, 0.15) is 0 Å². The van der Waals surface area contributed by atoms with Crippen molar-refractivity contribution in [3.63, 3.8) is 0 Å². The largest absolute Gasteiger partial charge is 0.0842 e. The zero-order chi connectivity index (χ0) is 10.2. The summed E-state index contributed by atoms with van der Waals surface area (Å²) in [5.74, 6) is 0. The SMILES string of the molecule is BrC1=CC=CCC1.Brc1ccccc1. The molecule has 0 N–H and O–H groups in total. The summed E-state index contributed by atoms with van der Waals surface area (Å²) in [5, 5.41) is 0. The Labute approximate surface area is 102 Å². The highest BCUT2D eigenvalue weighted by Gasteiger charge is 1.90. The van der Waals surface area contributed by atoms with E-state index >= 15 is 0 Å². The molecule has 1 aromatic carbocycles. The molecule has 0 saturated carbocycles. The highest BCUT2D eigenvalue weighted by Crippen LogP contribution is 2.16. The van der Waals surface area contributed by atoms with E-state index in [9.17, 15) is 0 Å². The molecule has 74 valence electrons. The first-order chi connectivity index (χ1) is 6.79. The lowest BCUT2D eigenvalue weighted by Crippen LogP contribution is -1.75. The Balaban J connectivity index is 0.000000140. The first kappa shape index (κ1) is 11.7. The molecule has 1 aliphatic rings. The van der Waals surface area contributed by atoms with E-state index in [1.807, 2.05) is 30.3 Å². The summed E-state index contributed by atoms with van der Waals surface area (Å²) in [6.07, 6.45) is 8.70. The normalized spacial score (nSPS) is 14.0. The number of hydrogen-bond donors (Lipinski definition) is 0. The van der Waals surface area contributed by atoms with Crippen molar-refractivity contribution < 1.29 is 0 Å². The third kappa shape index (κ3) is 5.40. The van der Waals surface area contributed by atoms with Crippen molar-refractivity contribution in [1.82, 2.24) is 0 Å². The molecular weight excluding hydrogens is 304 g/mol. The summed E-state index contributed by atoms with van der Waals surface area (Å²) < 4.78 is 2.45. The molecule has 0 nitrogen and oxygen atoms in total. The summed E-state index contributed by atoms with van der Waals surface area (Å²) in [4.78, 5) is 0. The maximum atomic E-state index is 3.40. The standard InChI is InChI=1S/C6H7Br.C6H5Br/c2*7-6-4-2-1-3-5-6/h1-2,4H,3,5H2;1-5H. The Kier molecular flexibility index (Phi) is 5.88. The fourth-order valence-electron chi connectivity index (χ4n) is 0.988. The lowest BCUT2D eigenvalue weighted by Gasteiger charge is -1.96. The molecular formula is C12H12Br2. The molecule has 2 rings (SSSR count). The Bertz CT molecular complexity index is 312. The van der Waals surface area contributed by atoms with E-state index in [0.29, 0.717) is 0 Å². The molecule has 2 heteroatoms. The number of hydrogen-bond acceptors (Lipinski definition) is 0. The van der Waals surface area contributed by atoms with Crippen LogP contribution in [0.15, 0.2) is 57.5 Å². The van der Waals surface area contributed by atoms with E-state index in [1.165, 1.54) is 17.3 Å². The van der Waals surface area contributed by atoms with Crippen LogP contribution in [0.4, 0.5) is 0 Å². The molecule has 0 unspecified atom stereocenters. The third-order valence-corrected chi connectivity index (χ3v) is 2.89. The van der Waals surface area contributed by atoms with Crippen LogP contribution in [-0.2, 0) is 0 Å². The van der Waals surface area contributed by atoms with Crippen molar-refractivity contribution >= 4 is 31.9 Å². The number of benzene rings is 1. The maximum Gasteiger partial charge on any atom is 0.0175 e. The van der Waals surface area contributed by atoms with Gasteiger partial charge in [0, 0.05) is 4.47 Å². The van der Waals surface area contributed by atoms with Crippen LogP contribution in [0.1, 0.15) is 12.8 Å². The Morgan fingerprint density at radius 3 is 2.00 bits per heavy atom. The van der Waals surface area contributed by atoms with Crippen molar-refractivity contribution in [3.05, 3.63) is 57.5 Å². The average Bonchev–Trinajstić information content (AvgIpc) is 2.21. The molecule has 1 aromatic rings.